The topological polar surface area (TPSA) is 165 Å². The van der Waals surface area contributed by atoms with Gasteiger partial charge < -0.3 is 25.2 Å². The molecule has 2 atom stereocenters. The summed E-state index contributed by atoms with van der Waals surface area (Å²) in [5, 5.41) is 8.78. The average molecular weight is 597 g/mol. The van der Waals surface area contributed by atoms with Crippen LogP contribution in [0.2, 0.25) is 0 Å². The van der Waals surface area contributed by atoms with Gasteiger partial charge in [0.05, 0.1) is 12.2 Å². The number of hydrogen-bond donors (Lipinski definition) is 1. The summed E-state index contributed by atoms with van der Waals surface area (Å²) in [7, 11) is 0. The van der Waals surface area contributed by atoms with Crippen LogP contribution in [0.3, 0.4) is 0 Å². The number of ketones is 2. The van der Waals surface area contributed by atoms with Crippen molar-refractivity contribution in [3.8, 4) is 11.1 Å². The Labute approximate surface area is 237 Å². The molecule has 0 bridgehead atoms. The fraction of sp³-hybridized carbons (Fsp3) is 0.407. The summed E-state index contributed by atoms with van der Waals surface area (Å²) in [6.07, 6.45) is -3.15. The van der Waals surface area contributed by atoms with E-state index in [0.717, 1.165) is 0 Å². The van der Waals surface area contributed by atoms with E-state index in [0.29, 0.717) is 48.4 Å². The van der Waals surface area contributed by atoms with Gasteiger partial charge in [-0.05, 0) is 50.1 Å². The van der Waals surface area contributed by atoms with Crippen molar-refractivity contribution in [2.24, 2.45) is 5.92 Å². The summed E-state index contributed by atoms with van der Waals surface area (Å²) < 4.78 is 51.8. The lowest BCUT2D eigenvalue weighted by Gasteiger charge is -2.17. The zero-order chi connectivity index (χ0) is 31.2. The summed E-state index contributed by atoms with van der Waals surface area (Å²) in [6.45, 7) is 2.38. The highest BCUT2D eigenvalue weighted by molar-refractivity contribution is 5.99. The van der Waals surface area contributed by atoms with Crippen LogP contribution in [0.15, 0.2) is 36.5 Å². The number of rotatable bonds is 9. The lowest BCUT2D eigenvalue weighted by Crippen LogP contribution is -2.54. The van der Waals surface area contributed by atoms with Crippen molar-refractivity contribution < 1.29 is 57.1 Å². The predicted molar refractivity (Wildman–Crippen MR) is 136 cm³/mol. The predicted octanol–water partition coefficient (Wildman–Crippen LogP) is 1.43. The maximum atomic E-state index is 15.0. The first-order chi connectivity index (χ1) is 19.7. The lowest BCUT2D eigenvalue weighted by atomic mass is 10.0. The van der Waals surface area contributed by atoms with Crippen molar-refractivity contribution in [1.82, 2.24) is 4.98 Å². The number of carbonyl (C=O) groups is 5. The molecule has 0 saturated carbocycles. The minimum Gasteiger partial charge on any atom is -0.542 e. The van der Waals surface area contributed by atoms with Gasteiger partial charge in [0.1, 0.15) is 36.0 Å². The highest BCUT2D eigenvalue weighted by Gasteiger charge is 2.35. The van der Waals surface area contributed by atoms with Crippen molar-refractivity contribution in [3.63, 3.8) is 0 Å². The number of benzene rings is 1. The number of ether oxygens (including phenoxy) is 1. The molecular formula is C27H28F4N4O7. The molecule has 3 heterocycles. The smallest absolute Gasteiger partial charge is 0.430 e. The molecule has 4 rings (SSSR count). The molecule has 2 fully saturated rings. The lowest BCUT2D eigenvalue weighted by molar-refractivity contribution is -0.354. The molecule has 0 radical (unpaired) electrons. The monoisotopic (exact) mass is 596 g/mol. The zero-order valence-corrected chi connectivity index (χ0v) is 22.5. The third-order valence-electron chi connectivity index (χ3n) is 6.59. The molecule has 0 spiro atoms. The summed E-state index contributed by atoms with van der Waals surface area (Å²) in [5.74, 6) is -3.59. The van der Waals surface area contributed by atoms with Crippen molar-refractivity contribution >= 4 is 41.0 Å². The molecule has 2 amide bonds. The van der Waals surface area contributed by atoms with Gasteiger partial charge in [0, 0.05) is 42.6 Å². The first-order valence-corrected chi connectivity index (χ1v) is 12.8. The Kier molecular flexibility index (Phi) is 10.3. The molecule has 42 heavy (non-hydrogen) atoms. The van der Waals surface area contributed by atoms with E-state index in [1.54, 1.807) is 29.2 Å². The van der Waals surface area contributed by atoms with Gasteiger partial charge in [-0.2, -0.15) is 13.2 Å². The number of pyridine rings is 1. The molecule has 2 saturated heterocycles. The van der Waals surface area contributed by atoms with Crippen LogP contribution < -0.4 is 20.6 Å². The van der Waals surface area contributed by atoms with Gasteiger partial charge in [0.2, 0.25) is 5.91 Å². The number of nitrogens with zero attached hydrogens (tertiary/aromatic N) is 3. The third kappa shape index (κ3) is 8.09. The van der Waals surface area contributed by atoms with Crippen LogP contribution >= 0.6 is 0 Å². The van der Waals surface area contributed by atoms with Crippen LogP contribution in [0, 0.1) is 11.7 Å². The van der Waals surface area contributed by atoms with E-state index in [9.17, 15) is 36.7 Å². The number of hydrogen-bond acceptors (Lipinski definition) is 8. The van der Waals surface area contributed by atoms with Crippen LogP contribution in [0.5, 0.6) is 0 Å². The van der Waals surface area contributed by atoms with Gasteiger partial charge in [0.25, 0.3) is 0 Å². The molecule has 2 aromatic rings. The van der Waals surface area contributed by atoms with E-state index in [1.807, 2.05) is 0 Å². The fourth-order valence-electron chi connectivity index (χ4n) is 4.39. The number of quaternary nitrogens is 1. The number of carbonyl (C=O) groups excluding carboxylic acids is 5. The molecule has 1 aromatic heterocycles. The maximum absolute atomic E-state index is 15.0. The molecule has 3 N–H and O–H groups in total. The van der Waals surface area contributed by atoms with Crippen molar-refractivity contribution in [2.75, 3.05) is 29.4 Å². The Morgan fingerprint density at radius 1 is 1.14 bits per heavy atom. The molecule has 1 aromatic carbocycles. The van der Waals surface area contributed by atoms with Crippen molar-refractivity contribution in [2.45, 2.75) is 44.9 Å². The number of halogens is 4. The van der Waals surface area contributed by atoms with Crippen LogP contribution in [0.4, 0.5) is 33.9 Å². The Bertz CT molecular complexity index is 1350. The molecule has 226 valence electrons. The van der Waals surface area contributed by atoms with Gasteiger partial charge >= 0.3 is 12.3 Å². The van der Waals surface area contributed by atoms with Crippen LogP contribution in [-0.4, -0.2) is 66.4 Å². The van der Waals surface area contributed by atoms with E-state index in [2.05, 4.69) is 10.7 Å². The largest absolute Gasteiger partial charge is 0.542 e. The quantitative estimate of drug-likeness (QED) is 0.425. The van der Waals surface area contributed by atoms with Crippen LogP contribution in [0.25, 0.3) is 11.1 Å². The molecule has 2 aliphatic rings. The number of amides is 2. The number of aromatic nitrogens is 1. The number of carboxylic acids is 1. The third-order valence-corrected chi connectivity index (χ3v) is 6.59. The number of anilines is 2. The van der Waals surface area contributed by atoms with Crippen LogP contribution in [-0.2, 0) is 23.9 Å². The maximum Gasteiger partial charge on any atom is 0.430 e. The van der Waals surface area contributed by atoms with Gasteiger partial charge in [0.15, 0.2) is 5.78 Å². The Morgan fingerprint density at radius 2 is 1.83 bits per heavy atom. The van der Waals surface area contributed by atoms with E-state index < -0.39 is 30.2 Å². The summed E-state index contributed by atoms with van der Waals surface area (Å²) in [6, 6.07) is 7.81. The normalized spacial score (nSPS) is 18.4. The minimum absolute atomic E-state index is 0.0209. The summed E-state index contributed by atoms with van der Waals surface area (Å²) >= 11 is 0. The van der Waals surface area contributed by atoms with E-state index in [1.165, 1.54) is 24.1 Å². The first-order valence-electron chi connectivity index (χ1n) is 12.8. The van der Waals surface area contributed by atoms with Gasteiger partial charge in [-0.25, -0.2) is 14.2 Å². The first kappa shape index (κ1) is 32.1. The van der Waals surface area contributed by atoms with E-state index in [-0.39, 0.29) is 42.9 Å². The Hall–Kier alpha value is -4.40. The van der Waals surface area contributed by atoms with Crippen LogP contribution in [0.1, 0.15) is 32.6 Å². The standard InChI is InChI=1S/C25H27FN4O5.C2HF3O2/c1-15(31)2-5-20-14-30(25(34)35-20)18-4-6-21(22(26)11-18)17-3-7-23(28-13-17)29-9-8-16(24(29)33)10-19(32)12-27;3-2(4,5)1(6)7/h3-4,6-7,11,13,16,20H,2,5,8-10,12,14,27H2,1H3;(H,6,7)/t16?,20-;/m0./s1. The Morgan fingerprint density at radius 3 is 2.38 bits per heavy atom. The zero-order valence-electron chi connectivity index (χ0n) is 22.5. The number of cyclic esters (lactones) is 1. The minimum atomic E-state index is -5.19. The summed E-state index contributed by atoms with van der Waals surface area (Å²) in [5.41, 5.74) is 4.77. The number of alkyl halides is 3. The highest BCUT2D eigenvalue weighted by atomic mass is 19.4. The number of Topliss-reactive ketones (excluding diaryl/α,β-unsaturated/α-hetero) is 2. The second kappa shape index (κ2) is 13.5. The van der Waals surface area contributed by atoms with E-state index in [4.69, 9.17) is 14.6 Å². The fourth-order valence-corrected chi connectivity index (χ4v) is 4.39. The van der Waals surface area contributed by atoms with Crippen molar-refractivity contribution in [1.29, 1.82) is 0 Å². The SMILES string of the molecule is CC(=O)CC[C@H]1CN(c2ccc(-c3ccc(N4CCC(CC(=O)C[NH3+])C4=O)nc3)c(F)c2)C(=O)O1.O=C([O-])C(F)(F)F. The summed E-state index contributed by atoms with van der Waals surface area (Å²) in [4.78, 5) is 63.7. The molecule has 2 aliphatic heterocycles. The number of carboxylic acid groups (broad SMARTS) is 1. The Balaban J connectivity index is 0.000000616. The second-order valence-corrected chi connectivity index (χ2v) is 9.68. The molecule has 15 heteroatoms. The highest BCUT2D eigenvalue weighted by Crippen LogP contribution is 2.31. The van der Waals surface area contributed by atoms with E-state index >= 15 is 0 Å². The van der Waals surface area contributed by atoms with Gasteiger partial charge in [-0.3, -0.25) is 19.4 Å². The second-order valence-electron chi connectivity index (χ2n) is 9.68. The number of aliphatic carboxylic acids is 1. The van der Waals surface area contributed by atoms with Gasteiger partial charge in [-0.15, -0.1) is 0 Å². The average Bonchev–Trinajstić information content (AvgIpc) is 3.49. The molecule has 1 unspecified atom stereocenters. The molecule has 11 nitrogen and oxygen atoms in total. The van der Waals surface area contributed by atoms with Crippen molar-refractivity contribution in [3.05, 3.63) is 42.3 Å². The van der Waals surface area contributed by atoms with Gasteiger partial charge in [-0.1, -0.05) is 0 Å². The molecular weight excluding hydrogens is 568 g/mol. The molecule has 0 aliphatic carbocycles.